The number of hydrogen-bond donors (Lipinski definition) is 0. The van der Waals surface area contributed by atoms with Gasteiger partial charge in [0.05, 0.1) is 11.2 Å². The highest BCUT2D eigenvalue weighted by atomic mass is 16.2. The SMILES string of the molecule is O=C(CC12CC3CC(C1)CC(n1cncn1)(C3)C2)N1CCN(Cc2ccccn2)CC1. The molecular formula is C24H32N6O. The lowest BCUT2D eigenvalue weighted by Crippen LogP contribution is -2.58. The number of carbonyl (C=O) groups excluding carboxylic acids is 1. The van der Waals surface area contributed by atoms with Crippen LogP contribution in [-0.2, 0) is 16.9 Å². The van der Waals surface area contributed by atoms with Crippen molar-refractivity contribution in [2.75, 3.05) is 26.2 Å². The third-order valence-corrected chi connectivity index (χ3v) is 8.42. The van der Waals surface area contributed by atoms with Crippen molar-refractivity contribution in [2.45, 2.75) is 57.0 Å². The third-order valence-electron chi connectivity index (χ3n) is 8.42. The van der Waals surface area contributed by atoms with Crippen molar-refractivity contribution in [2.24, 2.45) is 17.3 Å². The lowest BCUT2D eigenvalue weighted by atomic mass is 9.46. The standard InChI is InChI=1S/C24H32N6O/c31-22(29-7-5-28(6-8-29)15-21-3-1-2-4-26-21)14-23-10-19-9-20(11-23)13-24(12-19,16-23)30-18-25-17-27-30/h1-4,17-20H,5-16H2. The second-order valence-corrected chi connectivity index (χ2v) is 10.7. The van der Waals surface area contributed by atoms with Gasteiger partial charge in [-0.05, 0) is 67.9 Å². The molecule has 0 spiro atoms. The molecule has 1 aliphatic heterocycles. The fourth-order valence-electron chi connectivity index (χ4n) is 7.64. The summed E-state index contributed by atoms with van der Waals surface area (Å²) in [5.41, 5.74) is 1.37. The van der Waals surface area contributed by atoms with Crippen LogP contribution in [0.25, 0.3) is 0 Å². The van der Waals surface area contributed by atoms with Gasteiger partial charge in [0, 0.05) is 45.3 Å². The van der Waals surface area contributed by atoms with Crippen molar-refractivity contribution in [3.63, 3.8) is 0 Å². The summed E-state index contributed by atoms with van der Waals surface area (Å²) < 4.78 is 2.14. The highest BCUT2D eigenvalue weighted by molar-refractivity contribution is 5.77. The minimum absolute atomic E-state index is 0.0994. The number of aromatic nitrogens is 4. The molecule has 7 nitrogen and oxygen atoms in total. The average molecular weight is 421 g/mol. The van der Waals surface area contributed by atoms with Gasteiger partial charge >= 0.3 is 0 Å². The molecule has 0 N–H and O–H groups in total. The molecule has 4 saturated carbocycles. The Bertz CT molecular complexity index is 907. The summed E-state index contributed by atoms with van der Waals surface area (Å²) in [6.07, 6.45) is 13.5. The third kappa shape index (κ3) is 3.56. The minimum Gasteiger partial charge on any atom is -0.340 e. The molecule has 7 rings (SSSR count). The van der Waals surface area contributed by atoms with E-state index in [9.17, 15) is 4.79 Å². The lowest BCUT2D eigenvalue weighted by Gasteiger charge is -2.62. The van der Waals surface area contributed by atoms with Crippen LogP contribution in [0, 0.1) is 17.3 Å². The van der Waals surface area contributed by atoms with E-state index in [0.717, 1.165) is 63.1 Å². The van der Waals surface area contributed by atoms with Crippen LogP contribution in [0.5, 0.6) is 0 Å². The van der Waals surface area contributed by atoms with E-state index in [1.54, 1.807) is 6.33 Å². The highest BCUT2D eigenvalue weighted by Gasteiger charge is 2.59. The average Bonchev–Trinajstić information content (AvgIpc) is 3.30. The van der Waals surface area contributed by atoms with Crippen LogP contribution in [0.1, 0.15) is 50.6 Å². The molecule has 4 aliphatic carbocycles. The Morgan fingerprint density at radius 1 is 1.06 bits per heavy atom. The van der Waals surface area contributed by atoms with E-state index in [0.29, 0.717) is 5.91 Å². The predicted octanol–water partition coefficient (Wildman–Crippen LogP) is 2.70. The molecule has 2 atom stereocenters. The van der Waals surface area contributed by atoms with Crippen molar-refractivity contribution in [1.82, 2.24) is 29.5 Å². The number of rotatable bonds is 5. The smallest absolute Gasteiger partial charge is 0.223 e. The molecular weight excluding hydrogens is 388 g/mol. The fraction of sp³-hybridized carbons (Fsp3) is 0.667. The van der Waals surface area contributed by atoms with Gasteiger partial charge in [-0.1, -0.05) is 6.07 Å². The Labute approximate surface area is 183 Å². The summed E-state index contributed by atoms with van der Waals surface area (Å²) in [6.45, 7) is 4.41. The Hall–Kier alpha value is -2.28. The quantitative estimate of drug-likeness (QED) is 0.744. The van der Waals surface area contributed by atoms with Gasteiger partial charge in [0.15, 0.2) is 0 Å². The van der Waals surface area contributed by atoms with Gasteiger partial charge in [-0.15, -0.1) is 0 Å². The molecule has 164 valence electrons. The minimum atomic E-state index is 0.0994. The van der Waals surface area contributed by atoms with E-state index in [4.69, 9.17) is 0 Å². The van der Waals surface area contributed by atoms with Gasteiger partial charge in [-0.25, -0.2) is 9.67 Å². The Morgan fingerprint density at radius 2 is 1.87 bits per heavy atom. The molecule has 5 aliphatic rings. The first-order valence-corrected chi connectivity index (χ1v) is 11.9. The zero-order valence-electron chi connectivity index (χ0n) is 18.2. The number of hydrogen-bond acceptors (Lipinski definition) is 5. The van der Waals surface area contributed by atoms with Crippen molar-refractivity contribution in [3.8, 4) is 0 Å². The second-order valence-electron chi connectivity index (χ2n) is 10.7. The molecule has 4 bridgehead atoms. The molecule has 2 unspecified atom stereocenters. The van der Waals surface area contributed by atoms with E-state index in [2.05, 4.69) is 35.6 Å². The molecule has 0 aromatic carbocycles. The van der Waals surface area contributed by atoms with Gasteiger partial charge in [-0.3, -0.25) is 14.7 Å². The number of nitrogens with zero attached hydrogens (tertiary/aromatic N) is 6. The van der Waals surface area contributed by atoms with Crippen LogP contribution in [-0.4, -0.2) is 61.6 Å². The van der Waals surface area contributed by atoms with E-state index < -0.39 is 0 Å². The normalized spacial score (nSPS) is 34.9. The van der Waals surface area contributed by atoms with Crippen molar-refractivity contribution in [3.05, 3.63) is 42.7 Å². The molecule has 31 heavy (non-hydrogen) atoms. The summed E-state index contributed by atoms with van der Waals surface area (Å²) in [5, 5.41) is 4.55. The molecule has 5 fully saturated rings. The molecule has 2 aromatic rings. The van der Waals surface area contributed by atoms with Gasteiger partial charge in [0.25, 0.3) is 0 Å². The second kappa shape index (κ2) is 7.40. The Balaban J connectivity index is 1.11. The van der Waals surface area contributed by atoms with Crippen LogP contribution in [0.4, 0.5) is 0 Å². The summed E-state index contributed by atoms with van der Waals surface area (Å²) in [6, 6.07) is 6.08. The largest absolute Gasteiger partial charge is 0.340 e. The molecule has 1 amide bonds. The number of amides is 1. The summed E-state index contributed by atoms with van der Waals surface area (Å²) in [5.74, 6) is 1.86. The number of carbonyl (C=O) groups is 1. The first-order valence-electron chi connectivity index (χ1n) is 11.9. The van der Waals surface area contributed by atoms with Crippen LogP contribution in [0.2, 0.25) is 0 Å². The maximum absolute atomic E-state index is 13.4. The van der Waals surface area contributed by atoms with E-state index in [1.807, 2.05) is 24.7 Å². The molecule has 0 radical (unpaired) electrons. The molecule has 1 saturated heterocycles. The maximum Gasteiger partial charge on any atom is 0.223 e. The van der Waals surface area contributed by atoms with Crippen LogP contribution in [0.15, 0.2) is 37.1 Å². The summed E-state index contributed by atoms with van der Waals surface area (Å²) >= 11 is 0. The van der Waals surface area contributed by atoms with Crippen molar-refractivity contribution < 1.29 is 4.79 Å². The van der Waals surface area contributed by atoms with E-state index in [-0.39, 0.29) is 11.0 Å². The van der Waals surface area contributed by atoms with Crippen molar-refractivity contribution in [1.29, 1.82) is 0 Å². The Kier molecular flexibility index (Phi) is 4.63. The zero-order chi connectivity index (χ0) is 20.9. The molecule has 3 heterocycles. The first-order chi connectivity index (χ1) is 15.1. The van der Waals surface area contributed by atoms with Crippen LogP contribution in [0.3, 0.4) is 0 Å². The first kappa shape index (κ1) is 19.4. The van der Waals surface area contributed by atoms with Crippen LogP contribution < -0.4 is 0 Å². The fourth-order valence-corrected chi connectivity index (χ4v) is 7.64. The van der Waals surface area contributed by atoms with Crippen LogP contribution >= 0.6 is 0 Å². The molecule has 7 heteroatoms. The van der Waals surface area contributed by atoms with Gasteiger partial charge < -0.3 is 4.90 Å². The van der Waals surface area contributed by atoms with Gasteiger partial charge in [-0.2, -0.15) is 5.10 Å². The van der Waals surface area contributed by atoms with E-state index in [1.165, 1.54) is 32.1 Å². The number of piperazine rings is 1. The lowest BCUT2D eigenvalue weighted by molar-refractivity contribution is -0.147. The summed E-state index contributed by atoms with van der Waals surface area (Å²) in [4.78, 5) is 26.6. The highest BCUT2D eigenvalue weighted by Crippen LogP contribution is 2.65. The van der Waals surface area contributed by atoms with Crippen molar-refractivity contribution >= 4 is 5.91 Å². The number of pyridine rings is 1. The van der Waals surface area contributed by atoms with Gasteiger partial charge in [0.2, 0.25) is 5.91 Å². The van der Waals surface area contributed by atoms with E-state index >= 15 is 0 Å². The molecule has 2 aromatic heterocycles. The zero-order valence-corrected chi connectivity index (χ0v) is 18.2. The Morgan fingerprint density at radius 3 is 2.55 bits per heavy atom. The monoisotopic (exact) mass is 420 g/mol. The summed E-state index contributed by atoms with van der Waals surface area (Å²) in [7, 11) is 0. The maximum atomic E-state index is 13.4. The van der Waals surface area contributed by atoms with Gasteiger partial charge in [0.1, 0.15) is 12.7 Å². The topological polar surface area (TPSA) is 67.2 Å². The predicted molar refractivity (Wildman–Crippen MR) is 116 cm³/mol.